The van der Waals surface area contributed by atoms with Crippen LogP contribution in [0.1, 0.15) is 56.1 Å². The standard InChI is InChI=1S/C33H46N5O9PS.Li.H/c1-49(46,47)38-27(10-4-7-17-34)30(40)37-29(18-22-11-13-24(39)14-12-22)48(44,45)21-33(15-5-6-16-33)32(43)36-28(31(41)42)19-23-20-35-26-9-3-2-8-25(23)26;;/h2-3,8-9,11-14,20,27-29,35,38-39H,4-7,10,15-19,21,34H2,1H3,(H,36,43)(H,37,40)(H,41,42)(H,44,45);;/t27?,28-,29?;;/m0../s1. The average Bonchev–Trinajstić information content (AvgIpc) is 3.68. The van der Waals surface area contributed by atoms with Crippen LogP contribution in [0.2, 0.25) is 0 Å². The third-order valence-electron chi connectivity index (χ3n) is 9.05. The number of phenols is 1. The number of nitrogens with one attached hydrogen (secondary N) is 4. The van der Waals surface area contributed by atoms with Gasteiger partial charge in [-0.05, 0) is 61.6 Å². The number of benzene rings is 2. The molecular weight excluding hydrogens is 680 g/mol. The maximum absolute atomic E-state index is 14.4. The van der Waals surface area contributed by atoms with Gasteiger partial charge in [0, 0.05) is 36.1 Å². The van der Waals surface area contributed by atoms with Gasteiger partial charge in [-0.2, -0.15) is 0 Å². The van der Waals surface area contributed by atoms with E-state index in [9.17, 15) is 42.5 Å². The van der Waals surface area contributed by atoms with Crippen molar-refractivity contribution in [1.82, 2.24) is 20.3 Å². The van der Waals surface area contributed by atoms with Crippen LogP contribution in [-0.2, 0) is 41.8 Å². The van der Waals surface area contributed by atoms with E-state index in [-0.39, 0.29) is 56.7 Å². The van der Waals surface area contributed by atoms with Crippen LogP contribution in [0.3, 0.4) is 0 Å². The summed E-state index contributed by atoms with van der Waals surface area (Å²) < 4.78 is 40.9. The molecule has 270 valence electrons. The number of carbonyl (C=O) groups is 3. The van der Waals surface area contributed by atoms with Gasteiger partial charge < -0.3 is 36.5 Å². The molecule has 4 rings (SSSR count). The molecule has 9 N–H and O–H groups in total. The molecule has 1 aromatic heterocycles. The first-order valence-corrected chi connectivity index (χ1v) is 20.1. The molecule has 1 saturated carbocycles. The molecule has 50 heavy (non-hydrogen) atoms. The summed E-state index contributed by atoms with van der Waals surface area (Å²) in [5.74, 6) is -4.18. The summed E-state index contributed by atoms with van der Waals surface area (Å²) in [6, 6.07) is 10.7. The van der Waals surface area contributed by atoms with E-state index >= 15 is 0 Å². The Morgan fingerprint density at radius 2 is 1.66 bits per heavy atom. The zero-order chi connectivity index (χ0) is 35.8. The van der Waals surface area contributed by atoms with Crippen LogP contribution in [0, 0.1) is 5.41 Å². The van der Waals surface area contributed by atoms with Gasteiger partial charge in [-0.1, -0.05) is 49.6 Å². The zero-order valence-electron chi connectivity index (χ0n) is 27.4. The summed E-state index contributed by atoms with van der Waals surface area (Å²) in [5.41, 5.74) is 6.20. The zero-order valence-corrected chi connectivity index (χ0v) is 29.1. The van der Waals surface area contributed by atoms with Crippen molar-refractivity contribution < 1.29 is 42.5 Å². The van der Waals surface area contributed by atoms with Gasteiger partial charge in [-0.3, -0.25) is 14.2 Å². The fraction of sp³-hybridized carbons (Fsp3) is 0.485. The monoisotopic (exact) mass is 727 g/mol. The van der Waals surface area contributed by atoms with Gasteiger partial charge >= 0.3 is 24.8 Å². The molecule has 1 aliphatic carbocycles. The second-order valence-corrected chi connectivity index (χ2v) is 17.2. The van der Waals surface area contributed by atoms with Crippen molar-refractivity contribution >= 4 is 64.9 Å². The number of hydrogen-bond acceptors (Lipinski definition) is 8. The topological polar surface area (TPSA) is 241 Å². The van der Waals surface area contributed by atoms with Gasteiger partial charge in [0.2, 0.25) is 29.2 Å². The number of aromatic amines is 1. The van der Waals surface area contributed by atoms with Crippen molar-refractivity contribution in [3.8, 4) is 5.75 Å². The van der Waals surface area contributed by atoms with Crippen molar-refractivity contribution in [3.63, 3.8) is 0 Å². The Labute approximate surface area is 304 Å². The molecule has 3 unspecified atom stereocenters. The van der Waals surface area contributed by atoms with Crippen molar-refractivity contribution in [2.75, 3.05) is 19.0 Å². The minimum atomic E-state index is -4.49. The van der Waals surface area contributed by atoms with Crippen LogP contribution in [-0.4, -0.2) is 102 Å². The predicted molar refractivity (Wildman–Crippen MR) is 193 cm³/mol. The van der Waals surface area contributed by atoms with Crippen molar-refractivity contribution in [2.24, 2.45) is 11.1 Å². The molecule has 2 aromatic carbocycles. The third-order valence-corrected chi connectivity index (χ3v) is 12.1. The molecule has 0 spiro atoms. The first-order chi connectivity index (χ1) is 23.1. The number of para-hydroxylation sites is 1. The molecule has 14 nitrogen and oxygen atoms in total. The van der Waals surface area contributed by atoms with Crippen LogP contribution >= 0.6 is 7.37 Å². The average molecular weight is 728 g/mol. The first-order valence-electron chi connectivity index (χ1n) is 16.3. The number of fused-ring (bicyclic) bond motifs is 1. The minimum absolute atomic E-state index is 0. The van der Waals surface area contributed by atoms with Gasteiger partial charge in [0.05, 0.1) is 11.7 Å². The number of unbranched alkanes of at least 4 members (excludes halogenated alkanes) is 1. The van der Waals surface area contributed by atoms with E-state index in [1.165, 1.54) is 24.3 Å². The maximum atomic E-state index is 14.4. The van der Waals surface area contributed by atoms with E-state index in [1.54, 1.807) is 6.20 Å². The normalized spacial score (nSPS) is 17.2. The van der Waals surface area contributed by atoms with Crippen LogP contribution < -0.4 is 21.1 Å². The Morgan fingerprint density at radius 3 is 2.28 bits per heavy atom. The Bertz CT molecular complexity index is 1780. The molecule has 1 aliphatic rings. The molecule has 1 fully saturated rings. The Hall–Kier alpha value is -3.15. The molecule has 17 heteroatoms. The van der Waals surface area contributed by atoms with Crippen LogP contribution in [0.5, 0.6) is 5.75 Å². The van der Waals surface area contributed by atoms with E-state index in [4.69, 9.17) is 5.73 Å². The number of carboxylic acid groups (broad SMARTS) is 1. The fourth-order valence-electron chi connectivity index (χ4n) is 6.49. The van der Waals surface area contributed by atoms with Crippen molar-refractivity contribution in [3.05, 3.63) is 65.9 Å². The van der Waals surface area contributed by atoms with Crippen molar-refractivity contribution in [1.29, 1.82) is 0 Å². The molecular formula is C33H47LiN5O9PS. The number of phenolic OH excluding ortho intramolecular Hbond substituents is 1. The summed E-state index contributed by atoms with van der Waals surface area (Å²) >= 11 is 0. The summed E-state index contributed by atoms with van der Waals surface area (Å²) in [6.07, 6.45) is 4.55. The SMILES string of the molecule is CS(=O)(=O)NC(CCCCN)C(=O)NC(Cc1ccc(O)cc1)P(=O)(O)CC1(C(=O)N[C@@H](Cc2c[nH]c3ccccc23)C(=O)O)CCCC1.[LiH]. The fourth-order valence-corrected chi connectivity index (χ4v) is 9.61. The number of nitrogens with two attached hydrogens (primary N) is 1. The van der Waals surface area contributed by atoms with Gasteiger partial charge in [-0.15, -0.1) is 0 Å². The number of sulfonamides is 1. The molecule has 0 radical (unpaired) electrons. The summed E-state index contributed by atoms with van der Waals surface area (Å²) in [7, 11) is -8.32. The molecule has 1 heterocycles. The van der Waals surface area contributed by atoms with Gasteiger partial charge in [0.25, 0.3) is 0 Å². The molecule has 0 bridgehead atoms. The molecule has 0 aliphatic heterocycles. The Kier molecular flexibility index (Phi) is 14.7. The van der Waals surface area contributed by atoms with Crippen molar-refractivity contribution in [2.45, 2.75) is 75.7 Å². The summed E-state index contributed by atoms with van der Waals surface area (Å²) in [4.78, 5) is 54.7. The number of rotatable bonds is 18. The Morgan fingerprint density at radius 1 is 1.00 bits per heavy atom. The molecule has 3 aromatic rings. The number of H-pyrrole nitrogens is 1. The molecule has 4 atom stereocenters. The second-order valence-electron chi connectivity index (χ2n) is 13.0. The third kappa shape index (κ3) is 11.2. The first kappa shape index (κ1) is 41.3. The molecule has 2 amide bonds. The predicted octanol–water partition coefficient (Wildman–Crippen LogP) is 1.90. The summed E-state index contributed by atoms with van der Waals surface area (Å²) in [5, 5.41) is 25.9. The van der Waals surface area contributed by atoms with E-state index in [0.29, 0.717) is 43.4 Å². The van der Waals surface area contributed by atoms with E-state index in [1.807, 2.05) is 24.3 Å². The van der Waals surface area contributed by atoms with Gasteiger partial charge in [0.15, 0.2) is 0 Å². The second kappa shape index (κ2) is 17.9. The number of aromatic nitrogens is 1. The number of aromatic hydroxyl groups is 1. The van der Waals surface area contributed by atoms with Crippen LogP contribution in [0.15, 0.2) is 54.7 Å². The number of aliphatic carboxylic acids is 1. The van der Waals surface area contributed by atoms with E-state index in [0.717, 1.165) is 17.2 Å². The number of carbonyl (C=O) groups excluding carboxylic acids is 2. The molecule has 0 saturated heterocycles. The Balaban J connectivity index is 0.00000676. The number of amides is 2. The van der Waals surface area contributed by atoms with Gasteiger partial charge in [0.1, 0.15) is 23.6 Å². The number of carboxylic acids is 1. The number of hydrogen-bond donors (Lipinski definition) is 8. The quantitative estimate of drug-likeness (QED) is 0.0538. The van der Waals surface area contributed by atoms with Gasteiger partial charge in [-0.25, -0.2) is 17.9 Å². The summed E-state index contributed by atoms with van der Waals surface area (Å²) in [6.45, 7) is 0.331. The van der Waals surface area contributed by atoms with Crippen LogP contribution in [0.4, 0.5) is 0 Å². The van der Waals surface area contributed by atoms with E-state index < -0.39 is 64.6 Å². The van der Waals surface area contributed by atoms with E-state index in [2.05, 4.69) is 20.3 Å². The van der Waals surface area contributed by atoms with Crippen LogP contribution in [0.25, 0.3) is 10.9 Å².